The van der Waals surface area contributed by atoms with Crippen LogP contribution in [0.4, 0.5) is 18.9 Å². The molecule has 2 aromatic rings. The molecular formula is C15H15F3N4O5. The van der Waals surface area contributed by atoms with Gasteiger partial charge in [-0.3, -0.25) is 14.6 Å². The first-order valence-electron chi connectivity index (χ1n) is 7.47. The van der Waals surface area contributed by atoms with E-state index in [-0.39, 0.29) is 12.4 Å². The van der Waals surface area contributed by atoms with E-state index in [4.69, 9.17) is 10.5 Å². The molecule has 0 saturated heterocycles. The van der Waals surface area contributed by atoms with Gasteiger partial charge in [0.05, 0.1) is 6.04 Å². The number of hydrogen-bond acceptors (Lipinski definition) is 6. The monoisotopic (exact) mass is 388 g/mol. The van der Waals surface area contributed by atoms with E-state index in [2.05, 4.69) is 15.0 Å². The zero-order valence-electron chi connectivity index (χ0n) is 13.8. The molecule has 27 heavy (non-hydrogen) atoms. The Morgan fingerprint density at radius 2 is 1.85 bits per heavy atom. The summed E-state index contributed by atoms with van der Waals surface area (Å²) in [5.74, 6) is -1.57. The molecule has 0 aliphatic carbocycles. The van der Waals surface area contributed by atoms with E-state index in [1.807, 2.05) is 4.98 Å². The van der Waals surface area contributed by atoms with Crippen LogP contribution in [-0.4, -0.2) is 34.9 Å². The van der Waals surface area contributed by atoms with Gasteiger partial charge >= 0.3 is 12.1 Å². The molecule has 2 rings (SSSR count). The van der Waals surface area contributed by atoms with Crippen molar-refractivity contribution < 1.29 is 27.4 Å². The highest BCUT2D eigenvalue weighted by molar-refractivity contribution is 5.96. The number of nitrogen functional groups attached to an aromatic ring is 1. The van der Waals surface area contributed by atoms with Crippen LogP contribution in [0.15, 0.2) is 33.9 Å². The quantitative estimate of drug-likeness (QED) is 0.576. The summed E-state index contributed by atoms with van der Waals surface area (Å²) < 4.78 is 46.2. The maximum Gasteiger partial charge on any atom is 0.573 e. The van der Waals surface area contributed by atoms with Crippen molar-refractivity contribution in [2.24, 2.45) is 0 Å². The maximum absolute atomic E-state index is 12.4. The topological polar surface area (TPSA) is 139 Å². The van der Waals surface area contributed by atoms with Crippen LogP contribution in [0.25, 0.3) is 0 Å². The number of hydrogen-bond donors (Lipinski definition) is 4. The van der Waals surface area contributed by atoms with Crippen LogP contribution in [0, 0.1) is 0 Å². The van der Waals surface area contributed by atoms with Gasteiger partial charge in [0.2, 0.25) is 0 Å². The summed E-state index contributed by atoms with van der Waals surface area (Å²) in [7, 11) is 0. The van der Waals surface area contributed by atoms with Crippen molar-refractivity contribution in [2.45, 2.75) is 19.3 Å². The third-order valence-corrected chi connectivity index (χ3v) is 3.15. The molecule has 0 bridgehead atoms. The van der Waals surface area contributed by atoms with Crippen LogP contribution in [0.2, 0.25) is 0 Å². The van der Waals surface area contributed by atoms with Gasteiger partial charge < -0.3 is 25.5 Å². The Bertz CT molecular complexity index is 938. The average Bonchev–Trinajstić information content (AvgIpc) is 2.55. The number of halogens is 3. The molecule has 5 N–H and O–H groups in total. The number of nitrogens with two attached hydrogens (primary N) is 1. The number of aromatic amines is 2. The Morgan fingerprint density at radius 3 is 2.48 bits per heavy atom. The molecule has 146 valence electrons. The van der Waals surface area contributed by atoms with Crippen molar-refractivity contribution in [2.75, 3.05) is 12.3 Å². The molecule has 1 unspecified atom stereocenters. The van der Waals surface area contributed by atoms with Crippen LogP contribution in [0.1, 0.15) is 17.4 Å². The highest BCUT2D eigenvalue weighted by Gasteiger charge is 2.32. The van der Waals surface area contributed by atoms with Crippen molar-refractivity contribution in [1.82, 2.24) is 15.3 Å². The SMILES string of the molecule is CC(COc1ccccc1OC(F)(F)F)NC(=O)c1[nH]c(=O)[nH]c(=O)c1N. The molecule has 1 aromatic heterocycles. The molecule has 0 spiro atoms. The lowest BCUT2D eigenvalue weighted by Crippen LogP contribution is -2.40. The predicted molar refractivity (Wildman–Crippen MR) is 87.6 cm³/mol. The van der Waals surface area contributed by atoms with Crippen molar-refractivity contribution in [1.29, 1.82) is 0 Å². The van der Waals surface area contributed by atoms with E-state index in [0.29, 0.717) is 0 Å². The van der Waals surface area contributed by atoms with E-state index < -0.39 is 46.7 Å². The molecule has 1 atom stereocenters. The molecule has 12 heteroatoms. The fourth-order valence-electron chi connectivity index (χ4n) is 2.01. The van der Waals surface area contributed by atoms with Crippen LogP contribution in [0.3, 0.4) is 0 Å². The molecule has 1 amide bonds. The van der Waals surface area contributed by atoms with Crippen LogP contribution < -0.4 is 31.8 Å². The summed E-state index contributed by atoms with van der Waals surface area (Å²) in [6.07, 6.45) is -4.89. The minimum atomic E-state index is -4.89. The highest BCUT2D eigenvalue weighted by atomic mass is 19.4. The number of para-hydroxylation sites is 2. The third kappa shape index (κ3) is 5.52. The van der Waals surface area contributed by atoms with Crippen LogP contribution >= 0.6 is 0 Å². The third-order valence-electron chi connectivity index (χ3n) is 3.15. The smallest absolute Gasteiger partial charge is 0.488 e. The van der Waals surface area contributed by atoms with Crippen LogP contribution in [-0.2, 0) is 0 Å². The number of ether oxygens (including phenoxy) is 2. The number of H-pyrrole nitrogens is 2. The summed E-state index contributed by atoms with van der Waals surface area (Å²) in [5, 5.41) is 2.40. The van der Waals surface area contributed by atoms with E-state index in [9.17, 15) is 27.6 Å². The van der Waals surface area contributed by atoms with Gasteiger partial charge in [0, 0.05) is 0 Å². The first-order valence-corrected chi connectivity index (χ1v) is 7.47. The molecular weight excluding hydrogens is 373 g/mol. The standard InChI is InChI=1S/C15H15F3N4O5/c1-7(20-13(24)11-10(19)12(23)22-14(25)21-11)6-26-8-4-2-3-5-9(8)27-15(16,17)18/h2-5,7H,6,19H2,1H3,(H,20,24)(H2,21,22,23,25). The first-order chi connectivity index (χ1) is 12.6. The zero-order valence-corrected chi connectivity index (χ0v) is 13.8. The van der Waals surface area contributed by atoms with Crippen molar-refractivity contribution in [3.63, 3.8) is 0 Å². The number of nitrogens with one attached hydrogen (secondary N) is 3. The summed E-state index contributed by atoms with van der Waals surface area (Å²) in [6.45, 7) is 1.27. The molecule has 0 radical (unpaired) electrons. The number of benzene rings is 1. The van der Waals surface area contributed by atoms with Gasteiger partial charge in [-0.1, -0.05) is 12.1 Å². The minimum Gasteiger partial charge on any atom is -0.488 e. The number of anilines is 1. The zero-order chi connectivity index (χ0) is 20.2. The lowest BCUT2D eigenvalue weighted by Gasteiger charge is -2.17. The predicted octanol–water partition coefficient (Wildman–Crippen LogP) is 0.741. The lowest BCUT2D eigenvalue weighted by atomic mass is 10.3. The van der Waals surface area contributed by atoms with E-state index in [1.165, 1.54) is 25.1 Å². The highest BCUT2D eigenvalue weighted by Crippen LogP contribution is 2.31. The molecule has 0 aliphatic rings. The Labute approximate surface area is 149 Å². The van der Waals surface area contributed by atoms with Crippen molar-refractivity contribution in [3.8, 4) is 11.5 Å². The van der Waals surface area contributed by atoms with Gasteiger partial charge in [-0.15, -0.1) is 13.2 Å². The average molecular weight is 388 g/mol. The van der Waals surface area contributed by atoms with Crippen molar-refractivity contribution >= 4 is 11.6 Å². The number of amides is 1. The fourth-order valence-corrected chi connectivity index (χ4v) is 2.01. The molecule has 1 aromatic carbocycles. The fraction of sp³-hybridized carbons (Fsp3) is 0.267. The molecule has 0 saturated carbocycles. The van der Waals surface area contributed by atoms with E-state index in [0.717, 1.165) is 6.07 Å². The second-order valence-electron chi connectivity index (χ2n) is 5.38. The van der Waals surface area contributed by atoms with Gasteiger partial charge in [-0.05, 0) is 19.1 Å². The van der Waals surface area contributed by atoms with Gasteiger partial charge in [0.25, 0.3) is 11.5 Å². The summed E-state index contributed by atoms with van der Waals surface area (Å²) in [5.41, 5.74) is 2.69. The number of rotatable bonds is 6. The molecule has 0 fully saturated rings. The number of carbonyl (C=O) groups excluding carboxylic acids is 1. The van der Waals surface area contributed by atoms with Gasteiger partial charge in [0.15, 0.2) is 11.5 Å². The summed E-state index contributed by atoms with van der Waals surface area (Å²) >= 11 is 0. The Kier molecular flexibility index (Phi) is 5.78. The number of aromatic nitrogens is 2. The normalized spacial score (nSPS) is 12.3. The lowest BCUT2D eigenvalue weighted by molar-refractivity contribution is -0.275. The molecule has 9 nitrogen and oxygen atoms in total. The summed E-state index contributed by atoms with van der Waals surface area (Å²) in [4.78, 5) is 38.7. The number of alkyl halides is 3. The van der Waals surface area contributed by atoms with E-state index >= 15 is 0 Å². The van der Waals surface area contributed by atoms with Gasteiger partial charge in [-0.25, -0.2) is 4.79 Å². The number of carbonyl (C=O) groups is 1. The second-order valence-corrected chi connectivity index (χ2v) is 5.38. The Balaban J connectivity index is 2.03. The second kappa shape index (κ2) is 7.85. The minimum absolute atomic E-state index is 0.181. The van der Waals surface area contributed by atoms with Crippen molar-refractivity contribution in [3.05, 3.63) is 50.8 Å². The summed E-state index contributed by atoms with van der Waals surface area (Å²) in [6, 6.07) is 4.42. The maximum atomic E-state index is 12.4. The Hall–Kier alpha value is -3.44. The molecule has 0 aliphatic heterocycles. The Morgan fingerprint density at radius 1 is 1.22 bits per heavy atom. The molecule has 1 heterocycles. The van der Waals surface area contributed by atoms with Gasteiger partial charge in [-0.2, -0.15) is 0 Å². The first kappa shape index (κ1) is 19.9. The van der Waals surface area contributed by atoms with E-state index in [1.54, 1.807) is 0 Å². The van der Waals surface area contributed by atoms with Gasteiger partial charge in [0.1, 0.15) is 18.0 Å². The van der Waals surface area contributed by atoms with Crippen LogP contribution in [0.5, 0.6) is 11.5 Å². The largest absolute Gasteiger partial charge is 0.573 e.